The zero-order valence-electron chi connectivity index (χ0n) is 12.2. The first-order valence-electron chi connectivity index (χ1n) is 7.31. The minimum absolute atomic E-state index is 0.0541. The smallest absolute Gasteiger partial charge is 0.303 e. The van der Waals surface area contributed by atoms with E-state index in [1.54, 1.807) is 4.90 Å². The molecule has 0 radical (unpaired) electrons. The van der Waals surface area contributed by atoms with Gasteiger partial charge in [-0.25, -0.2) is 0 Å². The zero-order chi connectivity index (χ0) is 15.2. The maximum Gasteiger partial charge on any atom is 0.303 e. The number of carbonyl (C=O) groups is 2. The largest absolute Gasteiger partial charge is 0.481 e. The van der Waals surface area contributed by atoms with E-state index in [1.165, 1.54) is 0 Å². The highest BCUT2D eigenvalue weighted by molar-refractivity contribution is 5.96. The summed E-state index contributed by atoms with van der Waals surface area (Å²) in [6.45, 7) is 2.36. The highest BCUT2D eigenvalue weighted by atomic mass is 16.5. The topological polar surface area (TPSA) is 66.8 Å². The van der Waals surface area contributed by atoms with Crippen molar-refractivity contribution in [2.45, 2.75) is 44.8 Å². The molecule has 1 saturated heterocycles. The van der Waals surface area contributed by atoms with Gasteiger partial charge >= 0.3 is 5.97 Å². The van der Waals surface area contributed by atoms with Gasteiger partial charge in [-0.05, 0) is 38.3 Å². The van der Waals surface area contributed by atoms with Gasteiger partial charge in [0.25, 0.3) is 5.91 Å². The van der Waals surface area contributed by atoms with E-state index < -0.39 is 12.1 Å². The monoisotopic (exact) mass is 291 g/mol. The van der Waals surface area contributed by atoms with E-state index in [0.717, 1.165) is 18.5 Å². The second kappa shape index (κ2) is 7.22. The quantitative estimate of drug-likeness (QED) is 0.874. The molecule has 5 nitrogen and oxygen atoms in total. The van der Waals surface area contributed by atoms with Gasteiger partial charge in [-0.1, -0.05) is 18.2 Å². The Labute approximate surface area is 124 Å². The van der Waals surface area contributed by atoms with Crippen molar-refractivity contribution in [2.75, 3.05) is 11.4 Å². The summed E-state index contributed by atoms with van der Waals surface area (Å²) >= 11 is 0. The molecule has 1 aliphatic rings. The lowest BCUT2D eigenvalue weighted by Gasteiger charge is -2.25. The molecule has 1 aliphatic heterocycles. The van der Waals surface area contributed by atoms with Gasteiger partial charge in [-0.2, -0.15) is 0 Å². The molecule has 0 saturated carbocycles. The average Bonchev–Trinajstić information content (AvgIpc) is 2.90. The summed E-state index contributed by atoms with van der Waals surface area (Å²) in [6.07, 6.45) is 1.79. The minimum atomic E-state index is -0.846. The molecule has 114 valence electrons. The molecule has 0 bridgehead atoms. The van der Waals surface area contributed by atoms with Crippen molar-refractivity contribution in [3.8, 4) is 0 Å². The molecule has 1 amide bonds. The lowest BCUT2D eigenvalue weighted by molar-refractivity contribution is -0.137. The van der Waals surface area contributed by atoms with Gasteiger partial charge in [0, 0.05) is 18.7 Å². The lowest BCUT2D eigenvalue weighted by Crippen LogP contribution is -2.40. The van der Waals surface area contributed by atoms with Crippen molar-refractivity contribution in [3.05, 3.63) is 30.3 Å². The van der Waals surface area contributed by atoms with Crippen LogP contribution in [0.3, 0.4) is 0 Å². The van der Waals surface area contributed by atoms with E-state index in [4.69, 9.17) is 9.84 Å². The number of hydrogen-bond donors (Lipinski definition) is 1. The van der Waals surface area contributed by atoms with Crippen LogP contribution in [-0.4, -0.2) is 35.7 Å². The number of carboxylic acid groups (broad SMARTS) is 1. The SMILES string of the molecule is CC1CCC(C(=O)N(CCCC(=O)O)c2ccccc2)O1. The van der Waals surface area contributed by atoms with Crippen molar-refractivity contribution in [1.29, 1.82) is 0 Å². The Morgan fingerprint density at radius 1 is 1.29 bits per heavy atom. The summed E-state index contributed by atoms with van der Waals surface area (Å²) in [4.78, 5) is 24.9. The molecule has 0 aromatic heterocycles. The maximum absolute atomic E-state index is 12.6. The fraction of sp³-hybridized carbons (Fsp3) is 0.500. The van der Waals surface area contributed by atoms with Gasteiger partial charge in [-0.15, -0.1) is 0 Å². The van der Waals surface area contributed by atoms with Crippen molar-refractivity contribution in [3.63, 3.8) is 0 Å². The van der Waals surface area contributed by atoms with E-state index in [-0.39, 0.29) is 18.4 Å². The van der Waals surface area contributed by atoms with Gasteiger partial charge < -0.3 is 14.7 Å². The van der Waals surface area contributed by atoms with E-state index >= 15 is 0 Å². The molecule has 1 aromatic rings. The molecule has 0 spiro atoms. The number of benzene rings is 1. The van der Waals surface area contributed by atoms with Gasteiger partial charge in [0.2, 0.25) is 0 Å². The summed E-state index contributed by atoms with van der Waals surface area (Å²) in [5.74, 6) is -0.919. The van der Waals surface area contributed by atoms with Crippen LogP contribution in [0.25, 0.3) is 0 Å². The molecule has 1 N–H and O–H groups in total. The van der Waals surface area contributed by atoms with Gasteiger partial charge in [-0.3, -0.25) is 9.59 Å². The predicted octanol–water partition coefficient (Wildman–Crippen LogP) is 2.45. The first-order chi connectivity index (χ1) is 10.1. The van der Waals surface area contributed by atoms with Crippen LogP contribution < -0.4 is 4.90 Å². The number of carboxylic acids is 1. The third kappa shape index (κ3) is 4.29. The Bertz CT molecular complexity index is 488. The molecule has 1 fully saturated rings. The second-order valence-corrected chi connectivity index (χ2v) is 5.34. The Hall–Kier alpha value is -1.88. The number of para-hydroxylation sites is 1. The molecular formula is C16H21NO4. The number of rotatable bonds is 6. The summed E-state index contributed by atoms with van der Waals surface area (Å²) in [5, 5.41) is 8.75. The average molecular weight is 291 g/mol. The zero-order valence-corrected chi connectivity index (χ0v) is 12.2. The minimum Gasteiger partial charge on any atom is -0.481 e. The van der Waals surface area contributed by atoms with Crippen LogP contribution in [0.4, 0.5) is 5.69 Å². The number of hydrogen-bond acceptors (Lipinski definition) is 3. The van der Waals surface area contributed by atoms with Crippen LogP contribution in [0.1, 0.15) is 32.6 Å². The molecular weight excluding hydrogens is 270 g/mol. The van der Waals surface area contributed by atoms with E-state index in [2.05, 4.69) is 0 Å². The third-order valence-corrected chi connectivity index (χ3v) is 3.61. The van der Waals surface area contributed by atoms with Crippen molar-refractivity contribution in [1.82, 2.24) is 0 Å². The Balaban J connectivity index is 2.07. The summed E-state index contributed by atoms with van der Waals surface area (Å²) in [5.41, 5.74) is 0.788. The number of nitrogens with zero attached hydrogens (tertiary/aromatic N) is 1. The van der Waals surface area contributed by atoms with Crippen LogP contribution in [0.15, 0.2) is 30.3 Å². The number of anilines is 1. The van der Waals surface area contributed by atoms with Crippen LogP contribution in [0.5, 0.6) is 0 Å². The van der Waals surface area contributed by atoms with Crippen LogP contribution >= 0.6 is 0 Å². The van der Waals surface area contributed by atoms with E-state index in [1.807, 2.05) is 37.3 Å². The number of aliphatic carboxylic acids is 1. The predicted molar refractivity (Wildman–Crippen MR) is 79.2 cm³/mol. The molecule has 2 rings (SSSR count). The highest BCUT2D eigenvalue weighted by Crippen LogP contribution is 2.24. The first-order valence-corrected chi connectivity index (χ1v) is 7.31. The number of carbonyl (C=O) groups excluding carboxylic acids is 1. The normalized spacial score (nSPS) is 21.2. The fourth-order valence-corrected chi connectivity index (χ4v) is 2.52. The molecule has 1 heterocycles. The molecule has 1 aromatic carbocycles. The fourth-order valence-electron chi connectivity index (χ4n) is 2.52. The van der Waals surface area contributed by atoms with Crippen LogP contribution in [-0.2, 0) is 14.3 Å². The van der Waals surface area contributed by atoms with E-state index in [0.29, 0.717) is 13.0 Å². The van der Waals surface area contributed by atoms with Crippen LogP contribution in [0, 0.1) is 0 Å². The summed E-state index contributed by atoms with van der Waals surface area (Å²) in [7, 11) is 0. The van der Waals surface area contributed by atoms with Gasteiger partial charge in [0.05, 0.1) is 6.10 Å². The maximum atomic E-state index is 12.6. The Kier molecular flexibility index (Phi) is 5.33. The standard InChI is InChI=1S/C16H21NO4/c1-12-9-10-14(21-12)16(20)17(11-5-8-15(18)19)13-6-3-2-4-7-13/h2-4,6-7,12,14H,5,8-11H2,1H3,(H,18,19). The summed E-state index contributed by atoms with van der Waals surface area (Å²) < 4.78 is 5.65. The lowest BCUT2D eigenvalue weighted by atomic mass is 10.1. The molecule has 5 heteroatoms. The van der Waals surface area contributed by atoms with Crippen LogP contribution in [0.2, 0.25) is 0 Å². The number of ether oxygens (including phenoxy) is 1. The second-order valence-electron chi connectivity index (χ2n) is 5.34. The highest BCUT2D eigenvalue weighted by Gasteiger charge is 2.32. The summed E-state index contributed by atoms with van der Waals surface area (Å²) in [6, 6.07) is 9.33. The van der Waals surface area contributed by atoms with Crippen molar-refractivity contribution < 1.29 is 19.4 Å². The molecule has 2 unspecified atom stereocenters. The molecule has 21 heavy (non-hydrogen) atoms. The van der Waals surface area contributed by atoms with E-state index in [9.17, 15) is 9.59 Å². The first kappa shape index (κ1) is 15.5. The van der Waals surface area contributed by atoms with Gasteiger partial charge in [0.1, 0.15) is 6.10 Å². The van der Waals surface area contributed by atoms with Crippen molar-refractivity contribution in [2.24, 2.45) is 0 Å². The number of amides is 1. The van der Waals surface area contributed by atoms with Gasteiger partial charge in [0.15, 0.2) is 0 Å². The van der Waals surface area contributed by atoms with Crippen molar-refractivity contribution >= 4 is 17.6 Å². The Morgan fingerprint density at radius 3 is 2.57 bits per heavy atom. The molecule has 0 aliphatic carbocycles. The third-order valence-electron chi connectivity index (χ3n) is 3.61. The Morgan fingerprint density at radius 2 is 2.00 bits per heavy atom. The molecule has 2 atom stereocenters.